The summed E-state index contributed by atoms with van der Waals surface area (Å²) >= 11 is 0. The van der Waals surface area contributed by atoms with E-state index in [0.717, 1.165) is 32.1 Å². The average Bonchev–Trinajstić information content (AvgIpc) is 3.09. The van der Waals surface area contributed by atoms with Crippen LogP contribution in [0.25, 0.3) is 0 Å². The van der Waals surface area contributed by atoms with Crippen LogP contribution in [0.15, 0.2) is 42.0 Å². The fraction of sp³-hybridized carbons (Fsp3) is 0.550. The molecule has 0 aliphatic heterocycles. The highest BCUT2D eigenvalue weighted by atomic mass is 19.1. The predicted octanol–water partition coefficient (Wildman–Crippen LogP) is 5.05. The molecule has 1 aromatic rings. The minimum atomic E-state index is -1.56. The molecule has 22 heavy (non-hydrogen) atoms. The van der Waals surface area contributed by atoms with Crippen molar-refractivity contribution in [2.75, 3.05) is 0 Å². The van der Waals surface area contributed by atoms with Crippen molar-refractivity contribution in [2.45, 2.75) is 57.5 Å². The van der Waals surface area contributed by atoms with Gasteiger partial charge in [0.2, 0.25) is 0 Å². The lowest BCUT2D eigenvalue weighted by molar-refractivity contribution is -0.132. The highest BCUT2D eigenvalue weighted by Crippen LogP contribution is 2.53. The van der Waals surface area contributed by atoms with Crippen molar-refractivity contribution < 1.29 is 9.18 Å². The van der Waals surface area contributed by atoms with Crippen molar-refractivity contribution in [3.8, 4) is 0 Å². The van der Waals surface area contributed by atoms with E-state index in [0.29, 0.717) is 18.8 Å². The Hall–Kier alpha value is -1.44. The molecule has 2 aliphatic rings. The summed E-state index contributed by atoms with van der Waals surface area (Å²) in [4.78, 5) is 12.2. The van der Waals surface area contributed by atoms with Crippen LogP contribution in [0.5, 0.6) is 0 Å². The molecule has 1 fully saturated rings. The first-order chi connectivity index (χ1) is 10.6. The predicted molar refractivity (Wildman–Crippen MR) is 87.4 cm³/mol. The summed E-state index contributed by atoms with van der Waals surface area (Å²) in [6.07, 6.45) is 7.55. The lowest BCUT2D eigenvalue weighted by atomic mass is 9.81. The van der Waals surface area contributed by atoms with Gasteiger partial charge in [-0.05, 0) is 43.6 Å². The molecule has 1 aromatic carbocycles. The molecule has 0 unspecified atom stereocenters. The average molecular weight is 300 g/mol. The summed E-state index contributed by atoms with van der Waals surface area (Å²) in [6, 6.07) is 10.4. The van der Waals surface area contributed by atoms with E-state index in [-0.39, 0.29) is 11.7 Å². The van der Waals surface area contributed by atoms with Gasteiger partial charge in [0.15, 0.2) is 11.5 Å². The highest BCUT2D eigenvalue weighted by molar-refractivity contribution is 5.88. The first-order valence-corrected chi connectivity index (χ1v) is 8.60. The Morgan fingerprint density at radius 1 is 1.27 bits per heavy atom. The molecule has 0 heterocycles. The van der Waals surface area contributed by atoms with Gasteiger partial charge >= 0.3 is 0 Å². The molecule has 2 bridgehead atoms. The van der Waals surface area contributed by atoms with Gasteiger partial charge < -0.3 is 0 Å². The number of ketones is 1. The molecular weight excluding hydrogens is 275 g/mol. The molecular formula is C20H25FO. The molecule has 0 spiro atoms. The zero-order chi connectivity index (χ0) is 15.6. The van der Waals surface area contributed by atoms with Crippen molar-refractivity contribution in [3.05, 3.63) is 47.5 Å². The number of hydrogen-bond donors (Lipinski definition) is 0. The number of carbonyl (C=O) groups excluding carboxylic acids is 1. The number of halogens is 1. The van der Waals surface area contributed by atoms with Crippen LogP contribution in [0.2, 0.25) is 0 Å². The second-order valence-electron chi connectivity index (χ2n) is 6.86. The molecule has 0 amide bonds. The van der Waals surface area contributed by atoms with Gasteiger partial charge in [-0.3, -0.25) is 4.79 Å². The number of alkyl halides is 1. The molecule has 3 rings (SSSR count). The molecule has 1 nitrogen and oxygen atoms in total. The Morgan fingerprint density at radius 3 is 2.68 bits per heavy atom. The highest BCUT2D eigenvalue weighted by Gasteiger charge is 2.55. The number of benzene rings is 1. The first kappa shape index (κ1) is 15.5. The van der Waals surface area contributed by atoms with E-state index in [2.05, 4.69) is 30.3 Å². The van der Waals surface area contributed by atoms with Crippen molar-refractivity contribution >= 4 is 5.78 Å². The van der Waals surface area contributed by atoms with Crippen LogP contribution in [0.3, 0.4) is 0 Å². The fourth-order valence-electron chi connectivity index (χ4n) is 4.05. The SMILES string of the molecule is CCCCC(=O)[C@]1(F)C[C@@H]2C[C@H]1C=C2CCc1ccccc1. The fourth-order valence-corrected chi connectivity index (χ4v) is 4.05. The van der Waals surface area contributed by atoms with Gasteiger partial charge in [-0.15, -0.1) is 0 Å². The summed E-state index contributed by atoms with van der Waals surface area (Å²) in [5.41, 5.74) is 1.15. The molecule has 118 valence electrons. The minimum Gasteiger partial charge on any atom is -0.296 e. The van der Waals surface area contributed by atoms with Gasteiger partial charge in [0.25, 0.3) is 0 Å². The van der Waals surface area contributed by atoms with Crippen molar-refractivity contribution in [3.63, 3.8) is 0 Å². The second kappa shape index (κ2) is 6.36. The zero-order valence-corrected chi connectivity index (χ0v) is 13.4. The molecule has 0 saturated heterocycles. The third-order valence-corrected chi connectivity index (χ3v) is 5.38. The molecule has 2 heteroatoms. The summed E-state index contributed by atoms with van der Waals surface area (Å²) < 4.78 is 15.1. The molecule has 0 aromatic heterocycles. The van der Waals surface area contributed by atoms with Crippen LogP contribution in [-0.4, -0.2) is 11.5 Å². The van der Waals surface area contributed by atoms with Crippen molar-refractivity contribution in [1.82, 2.24) is 0 Å². The van der Waals surface area contributed by atoms with E-state index in [4.69, 9.17) is 0 Å². The Kier molecular flexibility index (Phi) is 4.46. The lowest BCUT2D eigenvalue weighted by Crippen LogP contribution is -2.38. The molecule has 0 radical (unpaired) electrons. The largest absolute Gasteiger partial charge is 0.296 e. The van der Waals surface area contributed by atoms with Crippen molar-refractivity contribution in [2.24, 2.45) is 11.8 Å². The number of carbonyl (C=O) groups is 1. The van der Waals surface area contributed by atoms with Crippen LogP contribution in [0.4, 0.5) is 4.39 Å². The summed E-state index contributed by atoms with van der Waals surface area (Å²) in [6.45, 7) is 2.04. The van der Waals surface area contributed by atoms with Gasteiger partial charge in [-0.1, -0.05) is 55.3 Å². The standard InChI is InChI=1S/C20H25FO/c1-2-3-9-19(22)20(21)14-17-13-18(20)12-16(17)11-10-15-7-5-4-6-8-15/h4-8,12,17-18H,2-3,9-11,13-14H2,1H3/t17-,18+,20-/m0/s1. The monoisotopic (exact) mass is 300 g/mol. The van der Waals surface area contributed by atoms with E-state index in [1.165, 1.54) is 11.1 Å². The molecule has 3 atom stereocenters. The van der Waals surface area contributed by atoms with Gasteiger partial charge in [-0.2, -0.15) is 0 Å². The van der Waals surface area contributed by atoms with Crippen LogP contribution < -0.4 is 0 Å². The van der Waals surface area contributed by atoms with E-state index in [1.54, 1.807) is 0 Å². The van der Waals surface area contributed by atoms with Crippen molar-refractivity contribution in [1.29, 1.82) is 0 Å². The number of fused-ring (bicyclic) bond motifs is 2. The summed E-state index contributed by atoms with van der Waals surface area (Å²) in [5.74, 6) is -0.0165. The maximum atomic E-state index is 15.1. The first-order valence-electron chi connectivity index (χ1n) is 8.60. The molecule has 0 N–H and O–H groups in total. The maximum absolute atomic E-state index is 15.1. The van der Waals surface area contributed by atoms with Gasteiger partial charge in [0.05, 0.1) is 0 Å². The van der Waals surface area contributed by atoms with E-state index < -0.39 is 5.67 Å². The Balaban J connectivity index is 1.61. The quantitative estimate of drug-likeness (QED) is 0.644. The third kappa shape index (κ3) is 2.88. The maximum Gasteiger partial charge on any atom is 0.175 e. The topological polar surface area (TPSA) is 17.1 Å². The van der Waals surface area contributed by atoms with E-state index >= 15 is 4.39 Å². The normalized spacial score (nSPS) is 29.6. The Morgan fingerprint density at radius 2 is 2.05 bits per heavy atom. The summed E-state index contributed by atoms with van der Waals surface area (Å²) in [5, 5.41) is 0. The number of hydrogen-bond acceptors (Lipinski definition) is 1. The van der Waals surface area contributed by atoms with Crippen LogP contribution >= 0.6 is 0 Å². The molecule has 2 aliphatic carbocycles. The minimum absolute atomic E-state index is 0.153. The number of Topliss-reactive ketones (excluding diaryl/α,β-unsaturated/α-hetero) is 1. The van der Waals surface area contributed by atoms with Crippen LogP contribution in [-0.2, 0) is 11.2 Å². The number of rotatable bonds is 7. The molecule has 1 saturated carbocycles. The summed E-state index contributed by atoms with van der Waals surface area (Å²) in [7, 11) is 0. The third-order valence-electron chi connectivity index (χ3n) is 5.38. The Labute approximate surface area is 132 Å². The van der Waals surface area contributed by atoms with Gasteiger partial charge in [-0.25, -0.2) is 4.39 Å². The number of unbranched alkanes of at least 4 members (excludes halogenated alkanes) is 1. The van der Waals surface area contributed by atoms with Gasteiger partial charge in [0.1, 0.15) is 0 Å². The second-order valence-corrected chi connectivity index (χ2v) is 6.86. The van der Waals surface area contributed by atoms with Gasteiger partial charge in [0, 0.05) is 12.3 Å². The van der Waals surface area contributed by atoms with Crippen LogP contribution in [0, 0.1) is 11.8 Å². The van der Waals surface area contributed by atoms with Crippen LogP contribution in [0.1, 0.15) is 51.0 Å². The number of aryl methyl sites for hydroxylation is 1. The Bertz CT molecular complexity index is 562. The lowest BCUT2D eigenvalue weighted by Gasteiger charge is -2.27. The number of allylic oxidation sites excluding steroid dienone is 2. The van der Waals surface area contributed by atoms with E-state index in [9.17, 15) is 4.79 Å². The smallest absolute Gasteiger partial charge is 0.175 e. The zero-order valence-electron chi connectivity index (χ0n) is 13.4. The van der Waals surface area contributed by atoms with E-state index in [1.807, 2.05) is 13.0 Å².